The molecule has 1 fully saturated rings. The minimum atomic E-state index is -3.57. The first-order valence-electron chi connectivity index (χ1n) is 12.6. The number of benzene rings is 1. The Morgan fingerprint density at radius 1 is 1.24 bits per heavy atom. The molecular formula is C26H39FN4O5S. The summed E-state index contributed by atoms with van der Waals surface area (Å²) in [7, 11) is -3.57. The highest BCUT2D eigenvalue weighted by molar-refractivity contribution is 8.22. The van der Waals surface area contributed by atoms with Crippen LogP contribution in [0.2, 0.25) is 0 Å². The van der Waals surface area contributed by atoms with Crippen molar-refractivity contribution < 1.29 is 27.8 Å². The number of hydrogen-bond acceptors (Lipinski definition) is 7. The van der Waals surface area contributed by atoms with Crippen molar-refractivity contribution in [2.75, 3.05) is 19.6 Å². The first kappa shape index (κ1) is 29.1. The maximum absolute atomic E-state index is 14.7. The zero-order chi connectivity index (χ0) is 27.5. The quantitative estimate of drug-likeness (QED) is 0.459. The van der Waals surface area contributed by atoms with Crippen LogP contribution < -0.4 is 5.32 Å². The maximum atomic E-state index is 14.7. The van der Waals surface area contributed by atoms with E-state index < -0.39 is 40.4 Å². The fraction of sp³-hybridized carbons (Fsp3) is 0.577. The predicted molar refractivity (Wildman–Crippen MR) is 143 cm³/mol. The number of ether oxygens (including phenoxy) is 1. The Hall–Kier alpha value is -2.47. The summed E-state index contributed by atoms with van der Waals surface area (Å²) in [5.74, 6) is -0.725. The molecule has 0 aliphatic carbocycles. The van der Waals surface area contributed by atoms with Gasteiger partial charge >= 0.3 is 6.09 Å². The van der Waals surface area contributed by atoms with Crippen LogP contribution in [0.5, 0.6) is 0 Å². The summed E-state index contributed by atoms with van der Waals surface area (Å²) >= 11 is 0. The number of alkyl carbamates (subject to hydrolysis) is 1. The van der Waals surface area contributed by atoms with Crippen molar-refractivity contribution in [3.05, 3.63) is 36.4 Å². The lowest BCUT2D eigenvalue weighted by molar-refractivity contribution is -0.134. The van der Waals surface area contributed by atoms with Crippen molar-refractivity contribution in [3.8, 4) is 0 Å². The molecule has 2 atom stereocenters. The van der Waals surface area contributed by atoms with Crippen LogP contribution in [0.15, 0.2) is 35.5 Å². The number of nitrogens with zero attached hydrogens (tertiary/aromatic N) is 3. The van der Waals surface area contributed by atoms with E-state index in [0.29, 0.717) is 31.3 Å². The lowest BCUT2D eigenvalue weighted by Gasteiger charge is -2.46. The van der Waals surface area contributed by atoms with E-state index >= 15 is 0 Å². The van der Waals surface area contributed by atoms with Gasteiger partial charge in [0, 0.05) is 42.6 Å². The van der Waals surface area contributed by atoms with Crippen LogP contribution in [0.3, 0.4) is 0 Å². The standard InChI is InChI=1S/C26H39FN4O5S/c1-17(2)13-21(29-25(33)36-26(4,5)6)24(32)30-11-8-12-31(18(3)16-30)37(34,35)22-10-7-9-19-14-28-15-20(27)23(19)22/h7,9-10,14-15,17-18,21,34-35H,8,11-13,16H2,1-6H3,(H,29,33)/t18-,21-/m0/s1. The normalized spacial score (nSPS) is 19.0. The van der Waals surface area contributed by atoms with Gasteiger partial charge < -0.3 is 15.0 Å². The van der Waals surface area contributed by atoms with Crippen molar-refractivity contribution >= 4 is 33.5 Å². The average molecular weight is 539 g/mol. The third-order valence-electron chi connectivity index (χ3n) is 6.11. The zero-order valence-corrected chi connectivity index (χ0v) is 23.2. The lowest BCUT2D eigenvalue weighted by Crippen LogP contribution is -2.52. The van der Waals surface area contributed by atoms with Gasteiger partial charge in [-0.1, -0.05) is 26.0 Å². The van der Waals surface area contributed by atoms with E-state index in [0.717, 1.165) is 6.20 Å². The highest BCUT2D eigenvalue weighted by Gasteiger charge is 2.37. The molecule has 9 nitrogen and oxygen atoms in total. The minimum absolute atomic E-state index is 0.0980. The highest BCUT2D eigenvalue weighted by atomic mass is 32.3. The van der Waals surface area contributed by atoms with Crippen LogP contribution in [0.25, 0.3) is 10.8 Å². The second kappa shape index (κ2) is 11.5. The minimum Gasteiger partial charge on any atom is -0.444 e. The van der Waals surface area contributed by atoms with Crippen LogP contribution in [-0.4, -0.2) is 72.6 Å². The summed E-state index contributed by atoms with van der Waals surface area (Å²) < 4.78 is 44.4. The number of rotatable bonds is 6. The van der Waals surface area contributed by atoms with Gasteiger partial charge in [0.1, 0.15) is 11.6 Å². The second-order valence-corrected chi connectivity index (χ2v) is 12.9. The predicted octanol–water partition coefficient (Wildman–Crippen LogP) is 5.26. The number of carbonyl (C=O) groups excluding carboxylic acids is 2. The third-order valence-corrected chi connectivity index (χ3v) is 8.24. The Labute approximate surface area is 219 Å². The average Bonchev–Trinajstić information content (AvgIpc) is 2.98. The number of hydrogen-bond donors (Lipinski definition) is 3. The van der Waals surface area contributed by atoms with Crippen LogP contribution in [0.1, 0.15) is 54.4 Å². The Kier molecular flexibility index (Phi) is 9.05. The molecule has 3 rings (SSSR count). The number of nitrogens with one attached hydrogen (secondary N) is 1. The molecule has 0 spiro atoms. The largest absolute Gasteiger partial charge is 0.444 e. The van der Waals surface area contributed by atoms with Crippen molar-refractivity contribution in [1.82, 2.24) is 19.5 Å². The molecule has 1 aromatic carbocycles. The van der Waals surface area contributed by atoms with E-state index in [2.05, 4.69) is 10.3 Å². The lowest BCUT2D eigenvalue weighted by atomic mass is 10.0. The number of amides is 2. The molecule has 2 aromatic rings. The van der Waals surface area contributed by atoms with E-state index in [1.807, 2.05) is 20.8 Å². The van der Waals surface area contributed by atoms with Crippen LogP contribution >= 0.6 is 10.8 Å². The highest BCUT2D eigenvalue weighted by Crippen LogP contribution is 2.55. The van der Waals surface area contributed by atoms with E-state index in [1.54, 1.807) is 42.1 Å². The fourth-order valence-electron chi connectivity index (χ4n) is 4.59. The molecule has 11 heteroatoms. The molecular weight excluding hydrogens is 499 g/mol. The Morgan fingerprint density at radius 3 is 2.59 bits per heavy atom. The van der Waals surface area contributed by atoms with Gasteiger partial charge in [-0.15, -0.1) is 10.8 Å². The molecule has 1 aliphatic heterocycles. The molecule has 206 valence electrons. The van der Waals surface area contributed by atoms with Gasteiger partial charge in [0.05, 0.1) is 11.1 Å². The molecule has 1 aromatic heterocycles. The summed E-state index contributed by atoms with van der Waals surface area (Å²) in [5, 5.41) is 3.32. The molecule has 37 heavy (non-hydrogen) atoms. The number of pyridine rings is 1. The Bertz CT molecular complexity index is 1120. The summed E-state index contributed by atoms with van der Waals surface area (Å²) in [4.78, 5) is 31.6. The van der Waals surface area contributed by atoms with Gasteiger partial charge in [-0.2, -0.15) is 4.31 Å². The topological polar surface area (TPSA) is 115 Å². The van der Waals surface area contributed by atoms with E-state index in [1.165, 1.54) is 12.3 Å². The SMILES string of the molecule is CC(C)C[C@H](NC(=O)OC(C)(C)C)C(=O)N1CCCN(S(O)(O)c2cccc3cncc(F)c23)[C@@H](C)C1. The van der Waals surface area contributed by atoms with Crippen LogP contribution in [0.4, 0.5) is 9.18 Å². The number of fused-ring (bicyclic) bond motifs is 1. The zero-order valence-electron chi connectivity index (χ0n) is 22.4. The molecule has 0 unspecified atom stereocenters. The van der Waals surface area contributed by atoms with Crippen LogP contribution in [-0.2, 0) is 9.53 Å². The van der Waals surface area contributed by atoms with Crippen molar-refractivity contribution in [1.29, 1.82) is 0 Å². The molecule has 2 amide bonds. The summed E-state index contributed by atoms with van der Waals surface area (Å²) in [6, 6.07) is 3.62. The van der Waals surface area contributed by atoms with Crippen molar-refractivity contribution in [3.63, 3.8) is 0 Å². The van der Waals surface area contributed by atoms with E-state index in [4.69, 9.17) is 4.74 Å². The summed E-state index contributed by atoms with van der Waals surface area (Å²) in [6.07, 6.45) is 2.79. The first-order valence-corrected chi connectivity index (χ1v) is 14.1. The number of aromatic nitrogens is 1. The Morgan fingerprint density at radius 2 is 1.95 bits per heavy atom. The first-order chi connectivity index (χ1) is 17.2. The van der Waals surface area contributed by atoms with Crippen LogP contribution in [0, 0.1) is 11.7 Å². The number of carbonyl (C=O) groups is 2. The monoisotopic (exact) mass is 538 g/mol. The maximum Gasteiger partial charge on any atom is 0.408 e. The van der Waals surface area contributed by atoms with Gasteiger partial charge in [0.25, 0.3) is 0 Å². The molecule has 2 heterocycles. The van der Waals surface area contributed by atoms with E-state index in [-0.39, 0.29) is 28.7 Å². The van der Waals surface area contributed by atoms with Gasteiger partial charge in [0.15, 0.2) is 5.82 Å². The molecule has 0 radical (unpaired) electrons. The molecule has 1 aliphatic rings. The smallest absolute Gasteiger partial charge is 0.408 e. The van der Waals surface area contributed by atoms with Gasteiger partial charge in [-0.25, -0.2) is 9.18 Å². The Balaban J connectivity index is 1.82. The van der Waals surface area contributed by atoms with Crippen molar-refractivity contribution in [2.45, 2.75) is 77.0 Å². The molecule has 1 saturated heterocycles. The molecule has 3 N–H and O–H groups in total. The van der Waals surface area contributed by atoms with E-state index in [9.17, 15) is 23.1 Å². The third kappa shape index (κ3) is 7.10. The molecule has 0 saturated carbocycles. The fourth-order valence-corrected chi connectivity index (χ4v) is 6.55. The van der Waals surface area contributed by atoms with Gasteiger partial charge in [-0.3, -0.25) is 18.9 Å². The van der Waals surface area contributed by atoms with Crippen molar-refractivity contribution in [2.24, 2.45) is 5.92 Å². The summed E-state index contributed by atoms with van der Waals surface area (Å²) in [5.41, 5.74) is -0.696. The number of halogens is 1. The second-order valence-electron chi connectivity index (χ2n) is 11.0. The summed E-state index contributed by atoms with van der Waals surface area (Å²) in [6.45, 7) is 11.9. The van der Waals surface area contributed by atoms with Gasteiger partial charge in [-0.05, 0) is 52.5 Å². The molecule has 0 bridgehead atoms. The van der Waals surface area contributed by atoms with Gasteiger partial charge in [0.2, 0.25) is 5.91 Å².